The first-order valence-corrected chi connectivity index (χ1v) is 16.2. The predicted molar refractivity (Wildman–Crippen MR) is 168 cm³/mol. The Labute approximate surface area is 257 Å². The van der Waals surface area contributed by atoms with Crippen LogP contribution in [0.25, 0.3) is 22.2 Å². The van der Waals surface area contributed by atoms with Crippen LogP contribution in [0.4, 0.5) is 5.69 Å². The molecule has 2 aromatic heterocycles. The number of aromatic carboxylic acids is 1. The van der Waals surface area contributed by atoms with Crippen molar-refractivity contribution in [2.75, 3.05) is 31.2 Å². The predicted octanol–water partition coefficient (Wildman–Crippen LogP) is 7.18. The molecule has 0 radical (unpaired) electrons. The van der Waals surface area contributed by atoms with Crippen molar-refractivity contribution in [3.8, 4) is 17.0 Å². The average Bonchev–Trinajstić information content (AvgIpc) is 3.57. The lowest BCUT2D eigenvalue weighted by Crippen LogP contribution is -2.47. The molecule has 2 aromatic carbocycles. The van der Waals surface area contributed by atoms with Crippen LogP contribution in [0.5, 0.6) is 5.75 Å². The summed E-state index contributed by atoms with van der Waals surface area (Å²) in [6.45, 7) is 5.37. The summed E-state index contributed by atoms with van der Waals surface area (Å²) in [4.78, 5) is 18.6. The number of pyridine rings is 1. The molecule has 1 spiro atoms. The number of anilines is 1. The van der Waals surface area contributed by atoms with Crippen LogP contribution in [0, 0.1) is 18.3 Å². The van der Waals surface area contributed by atoms with Gasteiger partial charge in [0.1, 0.15) is 23.3 Å². The van der Waals surface area contributed by atoms with Gasteiger partial charge < -0.3 is 24.0 Å². The zero-order valence-electron chi connectivity index (χ0n) is 25.3. The maximum absolute atomic E-state index is 11.7. The van der Waals surface area contributed by atoms with Gasteiger partial charge in [-0.15, -0.1) is 0 Å². The Morgan fingerprint density at radius 2 is 1.91 bits per heavy atom. The number of carboxylic acid groups (broad SMARTS) is 1. The maximum atomic E-state index is 11.7. The highest BCUT2D eigenvalue weighted by atomic mass is 16.5. The highest BCUT2D eigenvalue weighted by Crippen LogP contribution is 2.55. The molecule has 4 aliphatic rings. The third-order valence-electron chi connectivity index (χ3n) is 10.4. The van der Waals surface area contributed by atoms with E-state index in [1.165, 1.54) is 55.2 Å². The lowest BCUT2D eigenvalue weighted by atomic mass is 9.56. The number of hydrogen-bond donors (Lipinski definition) is 1. The molecule has 8 rings (SSSR count). The van der Waals surface area contributed by atoms with Gasteiger partial charge in [-0.25, -0.2) is 9.78 Å². The second-order valence-electron chi connectivity index (χ2n) is 13.5. The standard InChI is InChI=1S/C36H39N3O5/c1-22-4-2-3-5-27(22)33-29(34(44-38-33)24-6-7-24)16-23-19-36(20-23)11-13-39(14-12-36)25-8-9-30-28(17-25)32(18-31(37-30)35(40)41)43-26-10-15-42-21-26/h2-5,8-9,17-18,23-24,26H,6-7,10-16,19-21H2,1H3,(H,40,41)/t26-/m0/s1. The lowest BCUT2D eigenvalue weighted by Gasteiger charge is -2.53. The molecule has 0 bridgehead atoms. The molecule has 44 heavy (non-hydrogen) atoms. The number of benzene rings is 2. The molecule has 4 fully saturated rings. The fraction of sp³-hybridized carbons (Fsp3) is 0.472. The number of carbonyl (C=O) groups is 1. The van der Waals surface area contributed by atoms with E-state index in [4.69, 9.17) is 14.0 Å². The summed E-state index contributed by atoms with van der Waals surface area (Å²) in [5.41, 5.74) is 7.08. The summed E-state index contributed by atoms with van der Waals surface area (Å²) in [5.74, 6) is 1.89. The molecule has 0 unspecified atom stereocenters. The van der Waals surface area contributed by atoms with Gasteiger partial charge in [-0.2, -0.15) is 0 Å². The first kappa shape index (κ1) is 27.6. The van der Waals surface area contributed by atoms with Crippen LogP contribution >= 0.6 is 0 Å². The van der Waals surface area contributed by atoms with Crippen LogP contribution < -0.4 is 9.64 Å². The first-order chi connectivity index (χ1) is 21.4. The Balaban J connectivity index is 0.958. The van der Waals surface area contributed by atoms with Crippen molar-refractivity contribution in [3.05, 3.63) is 71.1 Å². The molecule has 1 N–H and O–H groups in total. The average molecular weight is 594 g/mol. The third kappa shape index (κ3) is 5.13. The fourth-order valence-corrected chi connectivity index (χ4v) is 7.85. The number of fused-ring (bicyclic) bond motifs is 1. The normalized spacial score (nSPS) is 21.6. The molecule has 2 saturated carbocycles. The smallest absolute Gasteiger partial charge is 0.354 e. The zero-order valence-corrected chi connectivity index (χ0v) is 25.3. The molecule has 4 heterocycles. The number of ether oxygens (including phenoxy) is 2. The number of rotatable bonds is 8. The van der Waals surface area contributed by atoms with Gasteiger partial charge in [-0.3, -0.25) is 0 Å². The van der Waals surface area contributed by atoms with E-state index in [-0.39, 0.29) is 11.8 Å². The van der Waals surface area contributed by atoms with E-state index >= 15 is 0 Å². The molecule has 4 aromatic rings. The van der Waals surface area contributed by atoms with Crippen molar-refractivity contribution in [2.24, 2.45) is 11.3 Å². The molecular formula is C36H39N3O5. The van der Waals surface area contributed by atoms with Crippen molar-refractivity contribution >= 4 is 22.6 Å². The number of nitrogens with zero attached hydrogens (tertiary/aromatic N) is 3. The number of carboxylic acids is 1. The Morgan fingerprint density at radius 3 is 2.64 bits per heavy atom. The molecule has 2 aliphatic carbocycles. The molecule has 8 nitrogen and oxygen atoms in total. The maximum Gasteiger partial charge on any atom is 0.354 e. The summed E-state index contributed by atoms with van der Waals surface area (Å²) < 4.78 is 17.7. The van der Waals surface area contributed by atoms with Crippen LogP contribution in [0.1, 0.15) is 78.2 Å². The van der Waals surface area contributed by atoms with Gasteiger partial charge in [-0.1, -0.05) is 29.4 Å². The number of aromatic nitrogens is 2. The summed E-state index contributed by atoms with van der Waals surface area (Å²) in [5, 5.41) is 15.1. The van der Waals surface area contributed by atoms with E-state index in [1.807, 2.05) is 6.07 Å². The largest absolute Gasteiger partial charge is 0.487 e. The first-order valence-electron chi connectivity index (χ1n) is 16.2. The van der Waals surface area contributed by atoms with Crippen molar-refractivity contribution in [3.63, 3.8) is 0 Å². The highest BCUT2D eigenvalue weighted by molar-refractivity contribution is 5.94. The van der Waals surface area contributed by atoms with Crippen molar-refractivity contribution < 1.29 is 23.9 Å². The second-order valence-corrected chi connectivity index (χ2v) is 13.5. The number of piperidine rings is 1. The van der Waals surface area contributed by atoms with Crippen molar-refractivity contribution in [2.45, 2.75) is 70.3 Å². The SMILES string of the molecule is Cc1ccccc1-c1noc(C2CC2)c1CC1CC2(CCN(c3ccc4nc(C(=O)O)cc(O[C@H]5CCOC5)c4c3)CC2)C1. The summed E-state index contributed by atoms with van der Waals surface area (Å²) in [6, 6.07) is 16.2. The summed E-state index contributed by atoms with van der Waals surface area (Å²) in [6.07, 6.45) is 9.13. The van der Waals surface area contributed by atoms with Crippen LogP contribution in [0.2, 0.25) is 0 Å². The number of hydrogen-bond acceptors (Lipinski definition) is 7. The topological polar surface area (TPSA) is 97.9 Å². The molecule has 2 saturated heterocycles. The van der Waals surface area contributed by atoms with Gasteiger partial charge in [0.25, 0.3) is 0 Å². The minimum Gasteiger partial charge on any atom is -0.487 e. The molecule has 8 heteroatoms. The molecule has 0 amide bonds. The van der Waals surface area contributed by atoms with Gasteiger partial charge in [0.05, 0.1) is 18.7 Å². The van der Waals surface area contributed by atoms with E-state index in [0.717, 1.165) is 48.5 Å². The lowest BCUT2D eigenvalue weighted by molar-refractivity contribution is 0.0282. The van der Waals surface area contributed by atoms with Gasteiger partial charge in [0.15, 0.2) is 5.69 Å². The van der Waals surface area contributed by atoms with E-state index in [1.54, 1.807) is 6.07 Å². The number of aryl methyl sites for hydroxylation is 1. The van der Waals surface area contributed by atoms with Crippen LogP contribution in [0.3, 0.4) is 0 Å². The Kier molecular flexibility index (Phi) is 6.85. The van der Waals surface area contributed by atoms with Crippen molar-refractivity contribution in [1.29, 1.82) is 0 Å². The van der Waals surface area contributed by atoms with E-state index in [9.17, 15) is 9.90 Å². The summed E-state index contributed by atoms with van der Waals surface area (Å²) in [7, 11) is 0. The summed E-state index contributed by atoms with van der Waals surface area (Å²) >= 11 is 0. The van der Waals surface area contributed by atoms with E-state index in [2.05, 4.69) is 58.4 Å². The van der Waals surface area contributed by atoms with Crippen LogP contribution in [0.15, 0.2) is 53.1 Å². The minimum atomic E-state index is -1.05. The van der Waals surface area contributed by atoms with Crippen LogP contribution in [-0.4, -0.2) is 53.6 Å². The van der Waals surface area contributed by atoms with E-state index < -0.39 is 5.97 Å². The highest BCUT2D eigenvalue weighted by Gasteiger charge is 2.46. The monoisotopic (exact) mass is 593 g/mol. The van der Waals surface area contributed by atoms with Crippen molar-refractivity contribution in [1.82, 2.24) is 10.1 Å². The third-order valence-corrected chi connectivity index (χ3v) is 10.4. The molecule has 2 aliphatic heterocycles. The Bertz CT molecular complexity index is 1700. The minimum absolute atomic E-state index is 0.0000874. The molecule has 1 atom stereocenters. The van der Waals surface area contributed by atoms with Gasteiger partial charge >= 0.3 is 5.97 Å². The fourth-order valence-electron chi connectivity index (χ4n) is 7.85. The van der Waals surface area contributed by atoms with Gasteiger partial charge in [0, 0.05) is 53.7 Å². The molecule has 228 valence electrons. The van der Waals surface area contributed by atoms with Gasteiger partial charge in [-0.05, 0) is 87.0 Å². The Morgan fingerprint density at radius 1 is 1.09 bits per heavy atom. The zero-order chi connectivity index (χ0) is 29.8. The van der Waals surface area contributed by atoms with E-state index in [0.29, 0.717) is 41.7 Å². The van der Waals surface area contributed by atoms with Gasteiger partial charge in [0.2, 0.25) is 0 Å². The van der Waals surface area contributed by atoms with Crippen LogP contribution in [-0.2, 0) is 11.2 Å². The quantitative estimate of drug-likeness (QED) is 0.229. The molecular weight excluding hydrogens is 554 g/mol. The Hall–Kier alpha value is -3.91. The second kappa shape index (κ2) is 10.9.